The number of halogens is 1. The second-order valence-electron chi connectivity index (χ2n) is 13.5. The van der Waals surface area contributed by atoms with E-state index >= 15 is 0 Å². The third kappa shape index (κ3) is 7.28. The Morgan fingerprint density at radius 1 is 1.04 bits per heavy atom. The van der Waals surface area contributed by atoms with Crippen molar-refractivity contribution in [1.29, 1.82) is 5.26 Å². The summed E-state index contributed by atoms with van der Waals surface area (Å²) in [4.78, 5) is 38.3. The number of hydrogen-bond donors (Lipinski definition) is 2. The van der Waals surface area contributed by atoms with Crippen LogP contribution in [0.15, 0.2) is 56.8 Å². The van der Waals surface area contributed by atoms with Crippen molar-refractivity contribution in [3.05, 3.63) is 85.2 Å². The van der Waals surface area contributed by atoms with E-state index in [9.17, 15) is 19.6 Å². The molecule has 1 heterocycles. The molecule has 49 heavy (non-hydrogen) atoms. The molecule has 1 aromatic heterocycles. The first-order chi connectivity index (χ1) is 23.6. The van der Waals surface area contributed by atoms with Crippen molar-refractivity contribution in [3.8, 4) is 17.6 Å². The van der Waals surface area contributed by atoms with Crippen molar-refractivity contribution in [3.63, 3.8) is 0 Å². The van der Waals surface area contributed by atoms with Crippen molar-refractivity contribution in [1.82, 2.24) is 9.99 Å². The lowest BCUT2D eigenvalue weighted by Crippen LogP contribution is -2.48. The van der Waals surface area contributed by atoms with Gasteiger partial charge in [-0.1, -0.05) is 12.1 Å². The zero-order valence-corrected chi connectivity index (χ0v) is 29.5. The van der Waals surface area contributed by atoms with Crippen LogP contribution in [0.2, 0.25) is 0 Å². The van der Waals surface area contributed by atoms with E-state index in [0.29, 0.717) is 38.2 Å². The van der Waals surface area contributed by atoms with Crippen LogP contribution in [0.1, 0.15) is 66.5 Å². The molecule has 0 spiro atoms. The molecule has 7 rings (SSSR count). The zero-order chi connectivity index (χ0) is 34.7. The predicted molar refractivity (Wildman–Crippen MR) is 188 cm³/mol. The van der Waals surface area contributed by atoms with Gasteiger partial charge in [-0.15, -0.1) is 0 Å². The molecule has 0 aliphatic heterocycles. The predicted octanol–water partition coefficient (Wildman–Crippen LogP) is 5.58. The van der Waals surface area contributed by atoms with Gasteiger partial charge in [-0.2, -0.15) is 10.4 Å². The van der Waals surface area contributed by atoms with Gasteiger partial charge in [0, 0.05) is 28.5 Å². The fourth-order valence-electron chi connectivity index (χ4n) is 8.40. The number of methoxy groups -OCH3 is 2. The molecule has 4 aliphatic rings. The van der Waals surface area contributed by atoms with Crippen LogP contribution in [0.25, 0.3) is 0 Å². The molecular weight excluding hydrogens is 690 g/mol. The minimum atomic E-state index is -0.589. The number of rotatable bonds is 12. The zero-order valence-electron chi connectivity index (χ0n) is 27.9. The van der Waals surface area contributed by atoms with Gasteiger partial charge in [0.15, 0.2) is 18.1 Å². The molecule has 0 atom stereocenters. The minimum absolute atomic E-state index is 0.0764. The summed E-state index contributed by atoms with van der Waals surface area (Å²) in [5.74, 6) is 2.56. The SMILES string of the molecule is COCc1c(Br)c(C)n(CC(=O)N/N=C\c2ccc(OCC(=O)Nc3ccc(C45CC6CC(CC(C6)C4)C5)cc3)c(OC)c2)c(=O)c1C#N. The number of nitrogens with one attached hydrogen (secondary N) is 2. The molecule has 2 aromatic carbocycles. The number of aromatic nitrogens is 1. The third-order valence-corrected chi connectivity index (χ3v) is 11.3. The quantitative estimate of drug-likeness (QED) is 0.183. The standard InChI is InChI=1S/C37H40BrN5O6/c1-22-35(38)30(20-47-2)29(17-39)36(46)43(22)19-33(44)42-40-18-23-4-9-31(32(13-23)48-3)49-21-34(45)41-28-7-5-27(6-8-28)37-14-24-10-25(15-37)12-26(11-24)16-37/h4-9,13,18,24-26H,10-12,14-16,19-21H2,1-3H3,(H,41,45)(H,42,44)/b40-18-. The van der Waals surface area contributed by atoms with Gasteiger partial charge in [0.2, 0.25) is 0 Å². The number of benzene rings is 2. The summed E-state index contributed by atoms with van der Waals surface area (Å²) < 4.78 is 18.1. The molecule has 4 bridgehead atoms. The maximum atomic E-state index is 12.9. The summed E-state index contributed by atoms with van der Waals surface area (Å²) in [6.45, 7) is 1.20. The van der Waals surface area contributed by atoms with Crippen LogP contribution >= 0.6 is 15.9 Å². The maximum absolute atomic E-state index is 12.9. The molecule has 4 saturated carbocycles. The summed E-state index contributed by atoms with van der Waals surface area (Å²) in [6, 6.07) is 15.3. The number of ether oxygens (including phenoxy) is 3. The number of carbonyl (C=O) groups is 2. The monoisotopic (exact) mass is 729 g/mol. The largest absolute Gasteiger partial charge is 0.493 e. The number of amides is 2. The van der Waals surface area contributed by atoms with Gasteiger partial charge in [-0.3, -0.25) is 14.4 Å². The highest BCUT2D eigenvalue weighted by Crippen LogP contribution is 2.60. The van der Waals surface area contributed by atoms with Crippen LogP contribution in [-0.2, 0) is 32.9 Å². The normalized spacial score (nSPS) is 22.1. The molecule has 11 nitrogen and oxygen atoms in total. The summed E-state index contributed by atoms with van der Waals surface area (Å²) in [7, 11) is 2.96. The van der Waals surface area contributed by atoms with E-state index in [1.807, 2.05) is 18.2 Å². The Bertz CT molecular complexity index is 1840. The Hall–Kier alpha value is -4.47. The van der Waals surface area contributed by atoms with Crippen molar-refractivity contribution >= 4 is 39.6 Å². The lowest BCUT2D eigenvalue weighted by molar-refractivity contribution is -0.121. The van der Waals surface area contributed by atoms with E-state index in [2.05, 4.69) is 43.9 Å². The van der Waals surface area contributed by atoms with Gasteiger partial charge in [0.1, 0.15) is 18.2 Å². The highest BCUT2D eigenvalue weighted by molar-refractivity contribution is 9.10. The highest BCUT2D eigenvalue weighted by Gasteiger charge is 2.51. The number of nitriles is 1. The van der Waals surface area contributed by atoms with E-state index in [0.717, 1.165) is 23.4 Å². The number of anilines is 1. The van der Waals surface area contributed by atoms with Crippen molar-refractivity contribution in [2.45, 2.75) is 64.0 Å². The van der Waals surface area contributed by atoms with Gasteiger partial charge in [0.05, 0.1) is 19.9 Å². The van der Waals surface area contributed by atoms with Gasteiger partial charge in [-0.25, -0.2) is 5.43 Å². The molecule has 12 heteroatoms. The minimum Gasteiger partial charge on any atom is -0.493 e. The number of pyridine rings is 1. The molecule has 3 aromatic rings. The van der Waals surface area contributed by atoms with E-state index in [1.165, 1.54) is 69.1 Å². The highest BCUT2D eigenvalue weighted by atomic mass is 79.9. The Labute approximate surface area is 293 Å². The van der Waals surface area contributed by atoms with Crippen LogP contribution in [-0.4, -0.2) is 43.4 Å². The van der Waals surface area contributed by atoms with Gasteiger partial charge >= 0.3 is 0 Å². The molecule has 4 fully saturated rings. The molecule has 2 amide bonds. The maximum Gasteiger partial charge on any atom is 0.269 e. The molecule has 0 saturated heterocycles. The number of hydrogen-bond acceptors (Lipinski definition) is 8. The van der Waals surface area contributed by atoms with Crippen LogP contribution < -0.4 is 25.8 Å². The second kappa shape index (κ2) is 14.6. The molecule has 2 N–H and O–H groups in total. The van der Waals surface area contributed by atoms with Gasteiger partial charge in [-0.05, 0) is 126 Å². The topological polar surface area (TPSA) is 144 Å². The first kappa shape index (κ1) is 34.4. The smallest absolute Gasteiger partial charge is 0.269 e. The van der Waals surface area contributed by atoms with E-state index in [-0.39, 0.29) is 31.2 Å². The second-order valence-corrected chi connectivity index (χ2v) is 14.3. The van der Waals surface area contributed by atoms with Crippen LogP contribution in [0.5, 0.6) is 11.5 Å². The molecule has 0 radical (unpaired) electrons. The van der Waals surface area contributed by atoms with E-state index in [4.69, 9.17) is 14.2 Å². The lowest BCUT2D eigenvalue weighted by atomic mass is 9.48. The molecule has 4 aliphatic carbocycles. The molecule has 0 unspecified atom stereocenters. The number of nitrogens with zero attached hydrogens (tertiary/aromatic N) is 3. The van der Waals surface area contributed by atoms with E-state index in [1.54, 1.807) is 25.1 Å². The van der Waals surface area contributed by atoms with Crippen molar-refractivity contribution < 1.29 is 23.8 Å². The number of hydrazone groups is 1. The Morgan fingerprint density at radius 3 is 2.33 bits per heavy atom. The summed E-state index contributed by atoms with van der Waals surface area (Å²) in [5, 5.41) is 16.5. The van der Waals surface area contributed by atoms with Crippen LogP contribution in [0.4, 0.5) is 5.69 Å². The molecule has 256 valence electrons. The van der Waals surface area contributed by atoms with Crippen LogP contribution in [0.3, 0.4) is 0 Å². The fraction of sp³-hybridized carbons (Fsp3) is 0.432. The number of carbonyl (C=O) groups excluding carboxylic acids is 2. The first-order valence-corrected chi connectivity index (χ1v) is 17.3. The summed E-state index contributed by atoms with van der Waals surface area (Å²) in [6.07, 6.45) is 9.55. The summed E-state index contributed by atoms with van der Waals surface area (Å²) in [5.41, 5.74) is 5.70. The van der Waals surface area contributed by atoms with Gasteiger partial charge in [0.25, 0.3) is 17.4 Å². The van der Waals surface area contributed by atoms with Crippen LogP contribution in [0, 0.1) is 36.0 Å². The summed E-state index contributed by atoms with van der Waals surface area (Å²) >= 11 is 3.41. The van der Waals surface area contributed by atoms with Gasteiger partial charge < -0.3 is 24.1 Å². The Kier molecular flexibility index (Phi) is 10.2. The fourth-order valence-corrected chi connectivity index (χ4v) is 8.93. The molecular formula is C37H40BrN5O6. The third-order valence-electron chi connectivity index (χ3n) is 10.2. The van der Waals surface area contributed by atoms with Crippen molar-refractivity contribution in [2.75, 3.05) is 26.1 Å². The average molecular weight is 731 g/mol. The average Bonchev–Trinajstić information content (AvgIpc) is 3.08. The Balaban J connectivity index is 1.01. The lowest BCUT2D eigenvalue weighted by Gasteiger charge is -2.57. The Morgan fingerprint density at radius 2 is 1.71 bits per heavy atom. The van der Waals surface area contributed by atoms with E-state index < -0.39 is 11.5 Å². The van der Waals surface area contributed by atoms with Crippen molar-refractivity contribution in [2.24, 2.45) is 22.9 Å². The first-order valence-electron chi connectivity index (χ1n) is 16.5.